The molecule has 5 nitrogen and oxygen atoms in total. The molecule has 0 bridgehead atoms. The van der Waals surface area contributed by atoms with Gasteiger partial charge in [-0.15, -0.1) is 0 Å². The van der Waals surface area contributed by atoms with Gasteiger partial charge in [0.25, 0.3) is 5.56 Å². The highest BCUT2D eigenvalue weighted by atomic mass is 16.1. The number of pyridine rings is 2. The van der Waals surface area contributed by atoms with Crippen LogP contribution in [-0.4, -0.2) is 47.1 Å². The molecule has 5 rings (SSSR count). The summed E-state index contributed by atoms with van der Waals surface area (Å²) in [7, 11) is 0. The maximum Gasteiger partial charge on any atom is 0.257 e. The summed E-state index contributed by atoms with van der Waals surface area (Å²) in [6.45, 7) is 6.44. The number of H-pyrrole nitrogens is 1. The van der Waals surface area contributed by atoms with E-state index in [1.165, 1.54) is 16.8 Å². The second-order valence-corrected chi connectivity index (χ2v) is 8.06. The Labute approximate surface area is 170 Å². The van der Waals surface area contributed by atoms with Crippen molar-refractivity contribution in [2.24, 2.45) is 0 Å². The summed E-state index contributed by atoms with van der Waals surface area (Å²) in [6.07, 6.45) is 6.20. The first kappa shape index (κ1) is 18.1. The molecular weight excluding hydrogens is 360 g/mol. The van der Waals surface area contributed by atoms with Gasteiger partial charge in [0, 0.05) is 49.8 Å². The lowest BCUT2D eigenvalue weighted by molar-refractivity contribution is 0.214. The van der Waals surface area contributed by atoms with Gasteiger partial charge in [-0.3, -0.25) is 14.7 Å². The van der Waals surface area contributed by atoms with Gasteiger partial charge in [-0.1, -0.05) is 24.3 Å². The standard InChI is InChI=1S/C24H26N4O/c1-17-5-2-3-7-23(17)28-13-11-27(12-14-28)19-9-8-18(15-19)21-16-22-20(24(29)26-21)6-4-10-25-22/h2-7,10,15-16,19H,8-9,11-14H2,1H3,(H,26,29). The summed E-state index contributed by atoms with van der Waals surface area (Å²) in [6, 6.07) is 14.7. The van der Waals surface area contributed by atoms with Crippen molar-refractivity contribution in [1.29, 1.82) is 0 Å². The van der Waals surface area contributed by atoms with Crippen molar-refractivity contribution >= 4 is 22.2 Å². The molecule has 1 fully saturated rings. The second kappa shape index (κ2) is 7.48. The zero-order valence-corrected chi connectivity index (χ0v) is 16.8. The van der Waals surface area contributed by atoms with Gasteiger partial charge in [0.1, 0.15) is 0 Å². The van der Waals surface area contributed by atoms with E-state index in [-0.39, 0.29) is 5.56 Å². The fourth-order valence-electron chi connectivity index (χ4n) is 4.69. The number of aromatic amines is 1. The minimum atomic E-state index is -0.0539. The predicted molar refractivity (Wildman–Crippen MR) is 118 cm³/mol. The summed E-state index contributed by atoms with van der Waals surface area (Å²) in [4.78, 5) is 24.9. The molecule has 0 radical (unpaired) electrons. The summed E-state index contributed by atoms with van der Waals surface area (Å²) < 4.78 is 0. The summed E-state index contributed by atoms with van der Waals surface area (Å²) in [5, 5.41) is 0.652. The largest absolute Gasteiger partial charge is 0.369 e. The molecular formula is C24H26N4O. The number of piperazine rings is 1. The van der Waals surface area contributed by atoms with Crippen LogP contribution in [0.1, 0.15) is 24.1 Å². The number of hydrogen-bond acceptors (Lipinski definition) is 4. The van der Waals surface area contributed by atoms with E-state index >= 15 is 0 Å². The normalized spacial score (nSPS) is 20.2. The molecule has 1 aromatic carbocycles. The van der Waals surface area contributed by atoms with Crippen molar-refractivity contribution in [3.05, 3.63) is 76.3 Å². The Kier molecular flexibility index (Phi) is 4.68. The molecule has 2 aliphatic rings. The minimum Gasteiger partial charge on any atom is -0.369 e. The van der Waals surface area contributed by atoms with E-state index in [1.807, 2.05) is 12.1 Å². The average Bonchev–Trinajstić information content (AvgIpc) is 3.25. The van der Waals surface area contributed by atoms with Gasteiger partial charge in [-0.2, -0.15) is 0 Å². The molecule has 1 atom stereocenters. The van der Waals surface area contributed by atoms with Crippen molar-refractivity contribution in [3.8, 4) is 0 Å². The van der Waals surface area contributed by atoms with Crippen LogP contribution in [0.5, 0.6) is 0 Å². The quantitative estimate of drug-likeness (QED) is 0.747. The molecule has 2 aromatic heterocycles. The highest BCUT2D eigenvalue weighted by molar-refractivity contribution is 5.81. The zero-order chi connectivity index (χ0) is 19.8. The van der Waals surface area contributed by atoms with E-state index in [0.29, 0.717) is 11.4 Å². The van der Waals surface area contributed by atoms with Crippen LogP contribution >= 0.6 is 0 Å². The molecule has 3 aromatic rings. The fourth-order valence-corrected chi connectivity index (χ4v) is 4.69. The first-order valence-corrected chi connectivity index (χ1v) is 10.4. The molecule has 1 saturated heterocycles. The predicted octanol–water partition coefficient (Wildman–Crippen LogP) is 3.60. The molecule has 0 spiro atoms. The van der Waals surface area contributed by atoms with Gasteiger partial charge in [0.15, 0.2) is 0 Å². The third-order valence-electron chi connectivity index (χ3n) is 6.30. The lowest BCUT2D eigenvalue weighted by Crippen LogP contribution is -2.49. The van der Waals surface area contributed by atoms with E-state index in [2.05, 4.69) is 57.0 Å². The van der Waals surface area contributed by atoms with Crippen LogP contribution in [0.15, 0.2) is 59.5 Å². The number of aryl methyl sites for hydroxylation is 1. The van der Waals surface area contributed by atoms with Crippen LogP contribution in [0.25, 0.3) is 16.5 Å². The molecule has 0 saturated carbocycles. The Balaban J connectivity index is 1.31. The van der Waals surface area contributed by atoms with Crippen LogP contribution < -0.4 is 10.5 Å². The fraction of sp³-hybridized carbons (Fsp3) is 0.333. The first-order chi connectivity index (χ1) is 14.2. The third kappa shape index (κ3) is 3.47. The molecule has 1 N–H and O–H groups in total. The van der Waals surface area contributed by atoms with E-state index in [4.69, 9.17) is 0 Å². The molecule has 1 unspecified atom stereocenters. The van der Waals surface area contributed by atoms with Crippen LogP contribution in [0.3, 0.4) is 0 Å². The number of benzene rings is 1. The van der Waals surface area contributed by atoms with Gasteiger partial charge in [0.05, 0.1) is 10.9 Å². The topological polar surface area (TPSA) is 52.2 Å². The number of anilines is 1. The summed E-state index contributed by atoms with van der Waals surface area (Å²) in [5.74, 6) is 0. The Bertz CT molecular complexity index is 1120. The number of rotatable bonds is 3. The van der Waals surface area contributed by atoms with Crippen molar-refractivity contribution in [2.45, 2.75) is 25.8 Å². The van der Waals surface area contributed by atoms with Crippen molar-refractivity contribution in [1.82, 2.24) is 14.9 Å². The van der Waals surface area contributed by atoms with E-state index in [1.54, 1.807) is 12.3 Å². The van der Waals surface area contributed by atoms with E-state index < -0.39 is 0 Å². The first-order valence-electron chi connectivity index (χ1n) is 10.4. The number of fused-ring (bicyclic) bond motifs is 1. The van der Waals surface area contributed by atoms with E-state index in [0.717, 1.165) is 50.2 Å². The zero-order valence-electron chi connectivity index (χ0n) is 16.8. The highest BCUT2D eigenvalue weighted by Crippen LogP contribution is 2.31. The van der Waals surface area contributed by atoms with Gasteiger partial charge in [0.2, 0.25) is 0 Å². The van der Waals surface area contributed by atoms with Gasteiger partial charge in [-0.25, -0.2) is 0 Å². The van der Waals surface area contributed by atoms with Gasteiger partial charge >= 0.3 is 0 Å². The summed E-state index contributed by atoms with van der Waals surface area (Å²) in [5.41, 5.74) is 5.57. The van der Waals surface area contributed by atoms with Crippen molar-refractivity contribution in [3.63, 3.8) is 0 Å². The number of aromatic nitrogens is 2. The van der Waals surface area contributed by atoms with Gasteiger partial charge < -0.3 is 9.88 Å². The maximum atomic E-state index is 12.4. The smallest absolute Gasteiger partial charge is 0.257 e. The number of hydrogen-bond donors (Lipinski definition) is 1. The molecule has 5 heteroatoms. The molecule has 1 aliphatic heterocycles. The number of nitrogens with one attached hydrogen (secondary N) is 1. The van der Waals surface area contributed by atoms with Gasteiger partial charge in [-0.05, 0) is 55.2 Å². The van der Waals surface area contributed by atoms with Crippen LogP contribution in [0, 0.1) is 6.92 Å². The molecule has 3 heterocycles. The second-order valence-electron chi connectivity index (χ2n) is 8.06. The Morgan fingerprint density at radius 3 is 2.72 bits per heavy atom. The highest BCUT2D eigenvalue weighted by Gasteiger charge is 2.27. The molecule has 0 amide bonds. The van der Waals surface area contributed by atoms with Crippen molar-refractivity contribution in [2.75, 3.05) is 31.1 Å². The van der Waals surface area contributed by atoms with E-state index in [9.17, 15) is 4.79 Å². The maximum absolute atomic E-state index is 12.4. The third-order valence-corrected chi connectivity index (χ3v) is 6.30. The number of para-hydroxylation sites is 1. The number of nitrogens with zero attached hydrogens (tertiary/aromatic N) is 3. The minimum absolute atomic E-state index is 0.0539. The number of allylic oxidation sites excluding steroid dienone is 1. The Hall–Kier alpha value is -2.92. The monoisotopic (exact) mass is 386 g/mol. The van der Waals surface area contributed by atoms with Crippen LogP contribution in [-0.2, 0) is 0 Å². The lowest BCUT2D eigenvalue weighted by Gasteiger charge is -2.39. The summed E-state index contributed by atoms with van der Waals surface area (Å²) >= 11 is 0. The molecule has 148 valence electrons. The Morgan fingerprint density at radius 1 is 1.07 bits per heavy atom. The SMILES string of the molecule is Cc1ccccc1N1CCN(C2C=C(c3cc4ncccc4c(=O)[nH]3)CC2)CC1. The lowest BCUT2D eigenvalue weighted by atomic mass is 10.1. The van der Waals surface area contributed by atoms with Crippen LogP contribution in [0.4, 0.5) is 5.69 Å². The van der Waals surface area contributed by atoms with Crippen LogP contribution in [0.2, 0.25) is 0 Å². The molecule has 1 aliphatic carbocycles. The Morgan fingerprint density at radius 2 is 1.90 bits per heavy atom. The average molecular weight is 386 g/mol. The molecule has 29 heavy (non-hydrogen) atoms. The van der Waals surface area contributed by atoms with Crippen molar-refractivity contribution < 1.29 is 0 Å².